The SMILES string of the molecule is CCCNCCCCn1c(C)ncc(I)c1=O. The lowest BCUT2D eigenvalue weighted by molar-refractivity contribution is 0.542. The molecule has 0 aliphatic heterocycles. The number of aryl methyl sites for hydroxylation is 1. The average Bonchev–Trinajstić information content (AvgIpc) is 2.32. The molecule has 96 valence electrons. The molecule has 0 fully saturated rings. The van der Waals surface area contributed by atoms with E-state index in [1.807, 2.05) is 29.5 Å². The van der Waals surface area contributed by atoms with Crippen LogP contribution in [0.1, 0.15) is 32.0 Å². The first-order valence-corrected chi connectivity index (χ1v) is 7.17. The van der Waals surface area contributed by atoms with Crippen LogP contribution in [0.15, 0.2) is 11.0 Å². The number of hydrogen-bond acceptors (Lipinski definition) is 3. The fourth-order valence-electron chi connectivity index (χ4n) is 1.64. The van der Waals surface area contributed by atoms with Crippen LogP contribution in [0.3, 0.4) is 0 Å². The Hall–Kier alpha value is -0.430. The van der Waals surface area contributed by atoms with E-state index < -0.39 is 0 Å². The Morgan fingerprint density at radius 1 is 1.41 bits per heavy atom. The molecule has 0 aliphatic carbocycles. The van der Waals surface area contributed by atoms with Gasteiger partial charge in [0.05, 0.1) is 3.57 Å². The first kappa shape index (κ1) is 14.6. The Morgan fingerprint density at radius 2 is 2.18 bits per heavy atom. The summed E-state index contributed by atoms with van der Waals surface area (Å²) in [5.74, 6) is 0.803. The van der Waals surface area contributed by atoms with Gasteiger partial charge in [-0.2, -0.15) is 0 Å². The van der Waals surface area contributed by atoms with Crippen molar-refractivity contribution in [3.8, 4) is 0 Å². The summed E-state index contributed by atoms with van der Waals surface area (Å²) in [6.45, 7) is 6.91. The van der Waals surface area contributed by atoms with E-state index in [-0.39, 0.29) is 5.56 Å². The smallest absolute Gasteiger partial charge is 0.266 e. The van der Waals surface area contributed by atoms with Gasteiger partial charge in [-0.25, -0.2) is 4.98 Å². The van der Waals surface area contributed by atoms with Crippen LogP contribution in [-0.4, -0.2) is 22.6 Å². The molecule has 1 aromatic heterocycles. The van der Waals surface area contributed by atoms with Crippen LogP contribution in [0, 0.1) is 10.5 Å². The highest BCUT2D eigenvalue weighted by atomic mass is 127. The molecule has 4 nitrogen and oxygen atoms in total. The summed E-state index contributed by atoms with van der Waals surface area (Å²) in [6, 6.07) is 0. The summed E-state index contributed by atoms with van der Waals surface area (Å²) >= 11 is 2.04. The van der Waals surface area contributed by atoms with Crippen molar-refractivity contribution in [2.75, 3.05) is 13.1 Å². The highest BCUT2D eigenvalue weighted by Crippen LogP contribution is 1.99. The molecule has 1 rings (SSSR count). The van der Waals surface area contributed by atoms with E-state index in [1.54, 1.807) is 10.8 Å². The van der Waals surface area contributed by atoms with Gasteiger partial charge in [0.25, 0.3) is 5.56 Å². The van der Waals surface area contributed by atoms with E-state index in [9.17, 15) is 4.79 Å². The van der Waals surface area contributed by atoms with E-state index in [0.29, 0.717) is 3.57 Å². The second-order valence-corrected chi connectivity index (χ2v) is 5.23. The lowest BCUT2D eigenvalue weighted by Gasteiger charge is -2.09. The van der Waals surface area contributed by atoms with E-state index in [2.05, 4.69) is 17.2 Å². The van der Waals surface area contributed by atoms with Crippen LogP contribution in [-0.2, 0) is 6.54 Å². The number of nitrogens with one attached hydrogen (secondary N) is 1. The summed E-state index contributed by atoms with van der Waals surface area (Å²) < 4.78 is 2.46. The summed E-state index contributed by atoms with van der Waals surface area (Å²) in [7, 11) is 0. The standard InChI is InChI=1S/C12H20IN3O/c1-3-6-14-7-4-5-8-16-10(2)15-9-11(13)12(16)17/h9,14H,3-8H2,1-2H3. The zero-order valence-corrected chi connectivity index (χ0v) is 12.7. The molecule has 5 heteroatoms. The molecule has 0 aliphatic rings. The van der Waals surface area contributed by atoms with Crippen LogP contribution in [0.5, 0.6) is 0 Å². The van der Waals surface area contributed by atoms with Crippen LogP contribution >= 0.6 is 22.6 Å². The highest BCUT2D eigenvalue weighted by molar-refractivity contribution is 14.1. The first-order chi connectivity index (χ1) is 8.16. The van der Waals surface area contributed by atoms with Crippen molar-refractivity contribution in [3.05, 3.63) is 25.9 Å². The van der Waals surface area contributed by atoms with Gasteiger partial charge in [0.1, 0.15) is 5.82 Å². The number of rotatable bonds is 7. The monoisotopic (exact) mass is 349 g/mol. The minimum Gasteiger partial charge on any atom is -0.317 e. The zero-order chi connectivity index (χ0) is 12.7. The molecule has 0 bridgehead atoms. The Morgan fingerprint density at radius 3 is 2.88 bits per heavy atom. The molecule has 1 aromatic rings. The Labute approximate surface area is 116 Å². The predicted octanol–water partition coefficient (Wildman–Crippen LogP) is 1.94. The summed E-state index contributed by atoms with van der Waals surface area (Å²) in [5.41, 5.74) is 0.0830. The van der Waals surface area contributed by atoms with Gasteiger partial charge in [-0.05, 0) is 61.9 Å². The molecule has 0 saturated heterocycles. The minimum absolute atomic E-state index is 0.0830. The number of hydrogen-bond donors (Lipinski definition) is 1. The van der Waals surface area contributed by atoms with Gasteiger partial charge >= 0.3 is 0 Å². The molecule has 0 amide bonds. The summed E-state index contributed by atoms with van der Waals surface area (Å²) in [4.78, 5) is 16.1. The molecule has 0 aromatic carbocycles. The largest absolute Gasteiger partial charge is 0.317 e. The molecule has 0 spiro atoms. The molecule has 1 heterocycles. The van der Waals surface area contributed by atoms with Crippen molar-refractivity contribution in [3.63, 3.8) is 0 Å². The van der Waals surface area contributed by atoms with Gasteiger partial charge in [0, 0.05) is 12.7 Å². The van der Waals surface area contributed by atoms with E-state index in [4.69, 9.17) is 0 Å². The average molecular weight is 349 g/mol. The lowest BCUT2D eigenvalue weighted by Crippen LogP contribution is -2.26. The van der Waals surface area contributed by atoms with Gasteiger partial charge < -0.3 is 5.32 Å². The van der Waals surface area contributed by atoms with Gasteiger partial charge in [-0.3, -0.25) is 9.36 Å². The normalized spacial score (nSPS) is 10.8. The van der Waals surface area contributed by atoms with Crippen molar-refractivity contribution >= 4 is 22.6 Å². The number of aromatic nitrogens is 2. The molecular weight excluding hydrogens is 329 g/mol. The van der Waals surface area contributed by atoms with Crippen molar-refractivity contribution in [1.29, 1.82) is 0 Å². The molecule has 0 unspecified atom stereocenters. The van der Waals surface area contributed by atoms with Gasteiger partial charge in [0.15, 0.2) is 0 Å². The van der Waals surface area contributed by atoms with E-state index >= 15 is 0 Å². The minimum atomic E-state index is 0.0830. The molecule has 1 N–H and O–H groups in total. The first-order valence-electron chi connectivity index (χ1n) is 6.09. The van der Waals surface area contributed by atoms with Crippen LogP contribution in [0.2, 0.25) is 0 Å². The van der Waals surface area contributed by atoms with Crippen molar-refractivity contribution in [1.82, 2.24) is 14.9 Å². The Balaban J connectivity index is 2.42. The summed E-state index contributed by atoms with van der Waals surface area (Å²) in [6.07, 6.45) is 4.91. The van der Waals surface area contributed by atoms with Gasteiger partial charge in [-0.1, -0.05) is 6.92 Å². The topological polar surface area (TPSA) is 46.9 Å². The maximum absolute atomic E-state index is 11.9. The second kappa shape index (κ2) is 7.81. The zero-order valence-electron chi connectivity index (χ0n) is 10.5. The van der Waals surface area contributed by atoms with Crippen LogP contribution in [0.25, 0.3) is 0 Å². The molecule has 0 atom stereocenters. The highest BCUT2D eigenvalue weighted by Gasteiger charge is 2.04. The number of halogens is 1. The van der Waals surface area contributed by atoms with Crippen molar-refractivity contribution in [2.24, 2.45) is 0 Å². The maximum Gasteiger partial charge on any atom is 0.266 e. The van der Waals surface area contributed by atoms with Crippen molar-refractivity contribution < 1.29 is 0 Å². The maximum atomic E-state index is 11.9. The third-order valence-corrected chi connectivity index (χ3v) is 3.36. The van der Waals surface area contributed by atoms with E-state index in [1.165, 1.54) is 6.42 Å². The quantitative estimate of drug-likeness (QED) is 0.605. The van der Waals surface area contributed by atoms with Crippen LogP contribution in [0.4, 0.5) is 0 Å². The van der Waals surface area contributed by atoms with Gasteiger partial charge in [-0.15, -0.1) is 0 Å². The number of nitrogens with zero attached hydrogens (tertiary/aromatic N) is 2. The predicted molar refractivity (Wildman–Crippen MR) is 78.3 cm³/mol. The molecule has 0 radical (unpaired) electrons. The van der Waals surface area contributed by atoms with Crippen LogP contribution < -0.4 is 10.9 Å². The molecular formula is C12H20IN3O. The van der Waals surface area contributed by atoms with Gasteiger partial charge in [0.2, 0.25) is 0 Å². The van der Waals surface area contributed by atoms with Crippen molar-refractivity contribution in [2.45, 2.75) is 39.7 Å². The fraction of sp³-hybridized carbons (Fsp3) is 0.667. The molecule has 17 heavy (non-hydrogen) atoms. The number of unbranched alkanes of at least 4 members (excludes halogenated alkanes) is 1. The third-order valence-electron chi connectivity index (χ3n) is 2.62. The fourth-order valence-corrected chi connectivity index (χ4v) is 2.07. The Bertz CT molecular complexity index is 403. The van der Waals surface area contributed by atoms with E-state index in [0.717, 1.165) is 38.3 Å². The lowest BCUT2D eigenvalue weighted by atomic mass is 10.3. The third kappa shape index (κ3) is 4.75. The molecule has 0 saturated carbocycles. The Kier molecular flexibility index (Phi) is 6.72. The summed E-state index contributed by atoms with van der Waals surface area (Å²) in [5, 5.41) is 3.36. The second-order valence-electron chi connectivity index (χ2n) is 4.07.